The van der Waals surface area contributed by atoms with E-state index in [-0.39, 0.29) is 11.4 Å². The van der Waals surface area contributed by atoms with E-state index >= 15 is 0 Å². The highest BCUT2D eigenvalue weighted by atomic mass is 32.2. The Morgan fingerprint density at radius 1 is 1.10 bits per heavy atom. The summed E-state index contributed by atoms with van der Waals surface area (Å²) >= 11 is 1.14. The summed E-state index contributed by atoms with van der Waals surface area (Å²) in [6.07, 6.45) is 1.12. The van der Waals surface area contributed by atoms with Crippen molar-refractivity contribution in [1.82, 2.24) is 4.57 Å². The number of methoxy groups -OCH3 is 1. The molecule has 0 aliphatic carbocycles. The Bertz CT molecular complexity index is 1300. The van der Waals surface area contributed by atoms with E-state index < -0.39 is 21.7 Å². The first-order valence-electron chi connectivity index (χ1n) is 8.66. The zero-order chi connectivity index (χ0) is 21.3. The van der Waals surface area contributed by atoms with Crippen LogP contribution in [0.2, 0.25) is 0 Å². The van der Waals surface area contributed by atoms with Crippen molar-refractivity contribution in [3.05, 3.63) is 57.9 Å². The number of hydrogen-bond donors (Lipinski definition) is 0. The standard InChI is InChI=1S/C20H20N2O5S2/c1-12-5-6-14(9-13(12)2)19(24)21-20-22(11-18(23)27-3)16-8-7-15(29(4,25)26)10-17(16)28-20/h5-10H,11H2,1-4H3. The number of nitrogens with zero attached hydrogens (tertiary/aromatic N) is 2. The molecule has 152 valence electrons. The number of esters is 1. The minimum Gasteiger partial charge on any atom is -0.468 e. The number of rotatable bonds is 4. The number of sulfone groups is 1. The molecule has 1 heterocycles. The Kier molecular flexibility index (Phi) is 5.72. The molecule has 0 saturated heterocycles. The van der Waals surface area contributed by atoms with E-state index in [0.29, 0.717) is 20.6 Å². The van der Waals surface area contributed by atoms with Gasteiger partial charge in [0.2, 0.25) is 0 Å². The third-order valence-electron chi connectivity index (χ3n) is 4.55. The topological polar surface area (TPSA) is 94.8 Å². The number of thiazole rings is 1. The number of fused-ring (bicyclic) bond motifs is 1. The number of aryl methyl sites for hydroxylation is 2. The van der Waals surface area contributed by atoms with Gasteiger partial charge in [-0.15, -0.1) is 0 Å². The largest absolute Gasteiger partial charge is 0.468 e. The number of carbonyl (C=O) groups excluding carboxylic acids is 2. The van der Waals surface area contributed by atoms with Gasteiger partial charge in [0.05, 0.1) is 22.2 Å². The molecule has 3 aromatic rings. The van der Waals surface area contributed by atoms with Crippen LogP contribution in [-0.2, 0) is 25.9 Å². The first-order valence-corrected chi connectivity index (χ1v) is 11.4. The highest BCUT2D eigenvalue weighted by molar-refractivity contribution is 7.90. The van der Waals surface area contributed by atoms with Crippen LogP contribution in [0.3, 0.4) is 0 Å². The second kappa shape index (κ2) is 7.92. The predicted molar refractivity (Wildman–Crippen MR) is 111 cm³/mol. The molecule has 0 bridgehead atoms. The molecule has 0 aliphatic heterocycles. The SMILES string of the molecule is COC(=O)Cn1c(=NC(=O)c2ccc(C)c(C)c2)sc2cc(S(C)(=O)=O)ccc21. The van der Waals surface area contributed by atoms with Crippen LogP contribution in [0.15, 0.2) is 46.3 Å². The maximum Gasteiger partial charge on any atom is 0.325 e. The minimum absolute atomic E-state index is 0.145. The molecular weight excluding hydrogens is 412 g/mol. The molecule has 0 aliphatic rings. The molecule has 7 nitrogen and oxygen atoms in total. The zero-order valence-corrected chi connectivity index (χ0v) is 18.1. The van der Waals surface area contributed by atoms with Crippen molar-refractivity contribution >= 4 is 43.3 Å². The summed E-state index contributed by atoms with van der Waals surface area (Å²) < 4.78 is 30.6. The molecule has 0 N–H and O–H groups in total. The fourth-order valence-electron chi connectivity index (χ4n) is 2.74. The van der Waals surface area contributed by atoms with E-state index in [1.165, 1.54) is 19.2 Å². The van der Waals surface area contributed by atoms with Crippen LogP contribution >= 0.6 is 11.3 Å². The lowest BCUT2D eigenvalue weighted by Gasteiger charge is -2.05. The normalized spacial score (nSPS) is 12.3. The Morgan fingerprint density at radius 3 is 2.45 bits per heavy atom. The first kappa shape index (κ1) is 20.9. The number of hydrogen-bond acceptors (Lipinski definition) is 6. The quantitative estimate of drug-likeness (QED) is 0.591. The molecule has 1 amide bonds. The summed E-state index contributed by atoms with van der Waals surface area (Å²) in [4.78, 5) is 29.2. The van der Waals surface area contributed by atoms with Crippen LogP contribution in [-0.4, -0.2) is 38.2 Å². The molecule has 0 spiro atoms. The van der Waals surface area contributed by atoms with Crippen molar-refractivity contribution in [1.29, 1.82) is 0 Å². The van der Waals surface area contributed by atoms with Crippen LogP contribution < -0.4 is 4.80 Å². The molecule has 0 fully saturated rings. The van der Waals surface area contributed by atoms with E-state index in [9.17, 15) is 18.0 Å². The minimum atomic E-state index is -3.39. The molecule has 0 unspecified atom stereocenters. The number of benzene rings is 2. The second-order valence-corrected chi connectivity index (χ2v) is 9.69. The van der Waals surface area contributed by atoms with Gasteiger partial charge in [0.15, 0.2) is 14.6 Å². The Morgan fingerprint density at radius 2 is 1.83 bits per heavy atom. The number of ether oxygens (including phenoxy) is 1. The third-order valence-corrected chi connectivity index (χ3v) is 6.70. The maximum atomic E-state index is 12.7. The van der Waals surface area contributed by atoms with Crippen molar-refractivity contribution in [3.63, 3.8) is 0 Å². The summed E-state index contributed by atoms with van der Waals surface area (Å²) in [5, 5.41) is 0. The molecule has 0 saturated carbocycles. The lowest BCUT2D eigenvalue weighted by atomic mass is 10.1. The molecule has 3 rings (SSSR count). The molecule has 1 aromatic heterocycles. The maximum absolute atomic E-state index is 12.7. The van der Waals surface area contributed by atoms with Crippen LogP contribution in [0.1, 0.15) is 21.5 Å². The van der Waals surface area contributed by atoms with Gasteiger partial charge in [-0.1, -0.05) is 17.4 Å². The molecule has 0 atom stereocenters. The molecule has 9 heteroatoms. The first-order chi connectivity index (χ1) is 13.6. The number of carbonyl (C=O) groups is 2. The van der Waals surface area contributed by atoms with Crippen LogP contribution in [0.4, 0.5) is 0 Å². The summed E-state index contributed by atoms with van der Waals surface area (Å²) in [5.74, 6) is -0.946. The lowest BCUT2D eigenvalue weighted by molar-refractivity contribution is -0.141. The van der Waals surface area contributed by atoms with E-state index in [1.54, 1.807) is 22.8 Å². The van der Waals surface area contributed by atoms with Gasteiger partial charge < -0.3 is 9.30 Å². The van der Waals surface area contributed by atoms with Gasteiger partial charge >= 0.3 is 5.97 Å². The molecule has 2 aromatic carbocycles. The van der Waals surface area contributed by atoms with Crippen molar-refractivity contribution in [3.8, 4) is 0 Å². The fraction of sp³-hybridized carbons (Fsp3) is 0.250. The Hall–Kier alpha value is -2.78. The smallest absolute Gasteiger partial charge is 0.325 e. The van der Waals surface area contributed by atoms with Gasteiger partial charge in [0.1, 0.15) is 6.54 Å². The van der Waals surface area contributed by atoms with Crippen LogP contribution in [0, 0.1) is 13.8 Å². The van der Waals surface area contributed by atoms with Gasteiger partial charge in [-0.25, -0.2) is 8.42 Å². The predicted octanol–water partition coefficient (Wildman–Crippen LogP) is 2.64. The fourth-order valence-corrected chi connectivity index (χ4v) is 4.53. The zero-order valence-electron chi connectivity index (χ0n) is 16.4. The van der Waals surface area contributed by atoms with E-state index in [0.717, 1.165) is 28.7 Å². The van der Waals surface area contributed by atoms with Crippen LogP contribution in [0.25, 0.3) is 10.2 Å². The van der Waals surface area contributed by atoms with Gasteiger partial charge in [0.25, 0.3) is 5.91 Å². The van der Waals surface area contributed by atoms with Crippen molar-refractivity contribution in [2.75, 3.05) is 13.4 Å². The number of aromatic nitrogens is 1. The molecule has 0 radical (unpaired) electrons. The average molecular weight is 433 g/mol. The highest BCUT2D eigenvalue weighted by Crippen LogP contribution is 2.22. The summed E-state index contributed by atoms with van der Waals surface area (Å²) in [7, 11) is -2.12. The average Bonchev–Trinajstić information content (AvgIpc) is 2.99. The monoisotopic (exact) mass is 432 g/mol. The highest BCUT2D eigenvalue weighted by Gasteiger charge is 2.15. The van der Waals surface area contributed by atoms with E-state index in [4.69, 9.17) is 4.74 Å². The van der Waals surface area contributed by atoms with Crippen molar-refractivity contribution in [2.24, 2.45) is 4.99 Å². The lowest BCUT2D eigenvalue weighted by Crippen LogP contribution is -2.22. The van der Waals surface area contributed by atoms with Gasteiger partial charge in [0, 0.05) is 11.8 Å². The summed E-state index contributed by atoms with van der Waals surface area (Å²) in [6.45, 7) is 3.72. The Labute approximate surface area is 172 Å². The summed E-state index contributed by atoms with van der Waals surface area (Å²) in [5.41, 5.74) is 3.08. The third kappa shape index (κ3) is 4.46. The molecular formula is C20H20N2O5S2. The van der Waals surface area contributed by atoms with E-state index in [1.807, 2.05) is 19.9 Å². The number of amides is 1. The van der Waals surface area contributed by atoms with E-state index in [2.05, 4.69) is 4.99 Å². The summed E-state index contributed by atoms with van der Waals surface area (Å²) in [6, 6.07) is 9.90. The van der Waals surface area contributed by atoms with Gasteiger partial charge in [-0.2, -0.15) is 4.99 Å². The molecule has 29 heavy (non-hydrogen) atoms. The van der Waals surface area contributed by atoms with Gasteiger partial charge in [-0.3, -0.25) is 9.59 Å². The van der Waals surface area contributed by atoms with Crippen molar-refractivity contribution < 1.29 is 22.7 Å². The second-order valence-electron chi connectivity index (χ2n) is 6.66. The van der Waals surface area contributed by atoms with Crippen molar-refractivity contribution in [2.45, 2.75) is 25.3 Å². The van der Waals surface area contributed by atoms with Gasteiger partial charge in [-0.05, 0) is 55.3 Å². The van der Waals surface area contributed by atoms with Crippen LogP contribution in [0.5, 0.6) is 0 Å². The Balaban J connectivity index is 2.19.